The molecule has 0 bridgehead atoms. The largest absolute Gasteiger partial charge is 0.241 e. The Morgan fingerprint density at radius 3 is 1.62 bits per heavy atom. The van der Waals surface area contributed by atoms with Gasteiger partial charge in [-0.15, -0.1) is 0 Å². The number of rotatable bonds is 4. The Bertz CT molecular complexity index is 654. The number of sulfonamides is 1. The molecule has 0 spiro atoms. The molecule has 0 atom stereocenters. The number of benzene rings is 1. The van der Waals surface area contributed by atoms with Gasteiger partial charge in [0.05, 0.1) is 4.90 Å². The van der Waals surface area contributed by atoms with Crippen molar-refractivity contribution in [2.45, 2.75) is 71.7 Å². The van der Waals surface area contributed by atoms with E-state index in [9.17, 15) is 8.42 Å². The molecule has 1 aromatic carbocycles. The van der Waals surface area contributed by atoms with Gasteiger partial charge in [0.1, 0.15) is 0 Å². The summed E-state index contributed by atoms with van der Waals surface area (Å²) in [5.74, 6) is 0.459. The van der Waals surface area contributed by atoms with Crippen LogP contribution < -0.4 is 4.72 Å². The topological polar surface area (TPSA) is 46.2 Å². The molecule has 1 aliphatic rings. The monoisotopic (exact) mass is 309 g/mol. The van der Waals surface area contributed by atoms with Crippen LogP contribution in [0.4, 0.5) is 0 Å². The highest BCUT2D eigenvalue weighted by Crippen LogP contribution is 2.40. The van der Waals surface area contributed by atoms with Crippen LogP contribution in [0.5, 0.6) is 0 Å². The highest BCUT2D eigenvalue weighted by molar-refractivity contribution is 7.89. The third-order valence-electron chi connectivity index (χ3n) is 5.20. The maximum Gasteiger partial charge on any atom is 0.241 e. The summed E-state index contributed by atoms with van der Waals surface area (Å²) in [4.78, 5) is 0.469. The van der Waals surface area contributed by atoms with Crippen molar-refractivity contribution >= 4 is 10.0 Å². The molecule has 21 heavy (non-hydrogen) atoms. The van der Waals surface area contributed by atoms with Gasteiger partial charge in [-0.05, 0) is 95.0 Å². The first kappa shape index (κ1) is 16.5. The molecule has 3 nitrogen and oxygen atoms in total. The standard InChI is InChI=1S/C17H27NO2S/c1-10-11(2)13(4)16(14(5)12(10)3)21(19,20)18-17(6,7)15-8-9-15/h15,18H,8-9H2,1-7H3. The van der Waals surface area contributed by atoms with Crippen LogP contribution in [0.3, 0.4) is 0 Å². The molecule has 118 valence electrons. The van der Waals surface area contributed by atoms with Crippen molar-refractivity contribution in [1.29, 1.82) is 0 Å². The fourth-order valence-electron chi connectivity index (χ4n) is 3.15. The van der Waals surface area contributed by atoms with Crippen LogP contribution in [-0.4, -0.2) is 14.0 Å². The normalized spacial score (nSPS) is 16.3. The predicted octanol–water partition coefficient (Wildman–Crippen LogP) is 3.70. The smallest absolute Gasteiger partial charge is 0.207 e. The van der Waals surface area contributed by atoms with Crippen LogP contribution in [-0.2, 0) is 10.0 Å². The van der Waals surface area contributed by atoms with Crippen molar-refractivity contribution in [3.8, 4) is 0 Å². The first-order valence-electron chi connectivity index (χ1n) is 7.60. The predicted molar refractivity (Wildman–Crippen MR) is 87.3 cm³/mol. The average Bonchev–Trinajstić information content (AvgIpc) is 3.17. The second-order valence-electron chi connectivity index (χ2n) is 7.06. The van der Waals surface area contributed by atoms with Crippen LogP contribution in [0, 0.1) is 40.5 Å². The molecule has 0 amide bonds. The molecular weight excluding hydrogens is 282 g/mol. The van der Waals surface area contributed by atoms with E-state index in [1.807, 2.05) is 41.5 Å². The number of hydrogen-bond donors (Lipinski definition) is 1. The van der Waals surface area contributed by atoms with E-state index in [1.165, 1.54) is 5.56 Å². The van der Waals surface area contributed by atoms with E-state index in [0.717, 1.165) is 35.1 Å². The molecule has 0 saturated heterocycles. The van der Waals surface area contributed by atoms with Gasteiger partial charge in [-0.2, -0.15) is 0 Å². The Morgan fingerprint density at radius 1 is 0.857 bits per heavy atom. The van der Waals surface area contributed by atoms with E-state index in [-0.39, 0.29) is 5.54 Å². The fourth-order valence-corrected chi connectivity index (χ4v) is 5.23. The van der Waals surface area contributed by atoms with E-state index in [2.05, 4.69) is 11.6 Å². The summed E-state index contributed by atoms with van der Waals surface area (Å²) in [5.41, 5.74) is 4.70. The molecule has 1 saturated carbocycles. The van der Waals surface area contributed by atoms with E-state index in [4.69, 9.17) is 0 Å². The minimum Gasteiger partial charge on any atom is -0.207 e. The molecular formula is C17H27NO2S. The maximum atomic E-state index is 12.9. The lowest BCUT2D eigenvalue weighted by Crippen LogP contribution is -2.45. The minimum atomic E-state index is -3.50. The zero-order valence-electron chi connectivity index (χ0n) is 14.2. The van der Waals surface area contributed by atoms with Gasteiger partial charge in [-0.3, -0.25) is 0 Å². The SMILES string of the molecule is Cc1c(C)c(C)c(S(=O)(=O)NC(C)(C)C2CC2)c(C)c1C. The molecule has 0 unspecified atom stereocenters. The zero-order chi connectivity index (χ0) is 16.2. The molecule has 0 aromatic heterocycles. The van der Waals surface area contributed by atoms with E-state index < -0.39 is 10.0 Å². The Hall–Kier alpha value is -0.870. The first-order valence-corrected chi connectivity index (χ1v) is 9.08. The van der Waals surface area contributed by atoms with Gasteiger partial charge < -0.3 is 0 Å². The summed E-state index contributed by atoms with van der Waals surface area (Å²) < 4.78 is 28.8. The Labute approximate surface area is 129 Å². The summed E-state index contributed by atoms with van der Waals surface area (Å²) in [6, 6.07) is 0. The second-order valence-corrected chi connectivity index (χ2v) is 8.67. The molecule has 1 fully saturated rings. The van der Waals surface area contributed by atoms with Gasteiger partial charge in [0.25, 0.3) is 0 Å². The fraction of sp³-hybridized carbons (Fsp3) is 0.647. The summed E-state index contributed by atoms with van der Waals surface area (Å²) >= 11 is 0. The van der Waals surface area contributed by atoms with Crippen LogP contribution >= 0.6 is 0 Å². The van der Waals surface area contributed by atoms with Gasteiger partial charge in [-0.1, -0.05) is 0 Å². The second kappa shape index (κ2) is 5.10. The molecule has 1 aliphatic carbocycles. The molecule has 1 N–H and O–H groups in total. The molecule has 1 aromatic rings. The maximum absolute atomic E-state index is 12.9. The van der Waals surface area contributed by atoms with Gasteiger partial charge in [-0.25, -0.2) is 13.1 Å². The van der Waals surface area contributed by atoms with Crippen molar-refractivity contribution in [3.63, 3.8) is 0 Å². The number of hydrogen-bond acceptors (Lipinski definition) is 2. The van der Waals surface area contributed by atoms with Crippen LogP contribution in [0.2, 0.25) is 0 Å². The van der Waals surface area contributed by atoms with Crippen molar-refractivity contribution in [2.75, 3.05) is 0 Å². The van der Waals surface area contributed by atoms with Gasteiger partial charge in [0, 0.05) is 5.54 Å². The van der Waals surface area contributed by atoms with Crippen LogP contribution in [0.1, 0.15) is 54.5 Å². The Balaban J connectivity index is 2.55. The summed E-state index contributed by atoms with van der Waals surface area (Å²) in [6.07, 6.45) is 2.22. The first-order chi connectivity index (χ1) is 9.49. The Morgan fingerprint density at radius 2 is 1.24 bits per heavy atom. The number of nitrogens with one attached hydrogen (secondary N) is 1. The highest BCUT2D eigenvalue weighted by atomic mass is 32.2. The van der Waals surface area contributed by atoms with Crippen LogP contribution in [0.25, 0.3) is 0 Å². The lowest BCUT2D eigenvalue weighted by Gasteiger charge is -2.28. The zero-order valence-corrected chi connectivity index (χ0v) is 15.0. The van der Waals surface area contributed by atoms with Crippen molar-refractivity contribution in [2.24, 2.45) is 5.92 Å². The summed E-state index contributed by atoms with van der Waals surface area (Å²) in [6.45, 7) is 13.9. The van der Waals surface area contributed by atoms with Crippen LogP contribution in [0.15, 0.2) is 4.90 Å². The van der Waals surface area contributed by atoms with Gasteiger partial charge in [0.15, 0.2) is 0 Å². The third-order valence-corrected chi connectivity index (χ3v) is 7.14. The van der Waals surface area contributed by atoms with E-state index >= 15 is 0 Å². The van der Waals surface area contributed by atoms with Crippen molar-refractivity contribution in [1.82, 2.24) is 4.72 Å². The summed E-state index contributed by atoms with van der Waals surface area (Å²) in [5, 5.41) is 0. The quantitative estimate of drug-likeness (QED) is 0.922. The lowest BCUT2D eigenvalue weighted by molar-refractivity contribution is 0.400. The van der Waals surface area contributed by atoms with E-state index in [1.54, 1.807) is 0 Å². The van der Waals surface area contributed by atoms with Gasteiger partial charge >= 0.3 is 0 Å². The van der Waals surface area contributed by atoms with Crippen molar-refractivity contribution in [3.05, 3.63) is 27.8 Å². The highest BCUT2D eigenvalue weighted by Gasteiger charge is 2.41. The third kappa shape index (κ3) is 2.88. The minimum absolute atomic E-state index is 0.371. The molecule has 2 rings (SSSR count). The molecule has 0 heterocycles. The average molecular weight is 309 g/mol. The molecule has 4 heteroatoms. The lowest BCUT2D eigenvalue weighted by atomic mass is 9.95. The van der Waals surface area contributed by atoms with Crippen molar-refractivity contribution < 1.29 is 8.42 Å². The molecule has 0 radical (unpaired) electrons. The summed E-state index contributed by atoms with van der Waals surface area (Å²) in [7, 11) is -3.50. The molecule has 0 aliphatic heterocycles. The van der Waals surface area contributed by atoms with Gasteiger partial charge in [0.2, 0.25) is 10.0 Å². The van der Waals surface area contributed by atoms with E-state index in [0.29, 0.717) is 10.8 Å². The Kier molecular flexibility index (Phi) is 4.00.